The molecule has 0 unspecified atom stereocenters. The normalized spacial score (nSPS) is 10.8. The Morgan fingerprint density at radius 2 is 2.24 bits per heavy atom. The van der Waals surface area contributed by atoms with Gasteiger partial charge in [-0.2, -0.15) is 8.42 Å². The standard InChI is InChI=1S/C13H12FN3O3S/c14-12-5-4-11(7-10(12)3-1-2-6-18)17-21(19,20)13-8-15-9-16-13/h4-5,7-9,17-18H,2,6H2,(H,15,16). The highest BCUT2D eigenvalue weighted by Crippen LogP contribution is 2.17. The summed E-state index contributed by atoms with van der Waals surface area (Å²) < 4.78 is 39.8. The summed E-state index contributed by atoms with van der Waals surface area (Å²) in [6.07, 6.45) is 2.61. The molecule has 1 aromatic carbocycles. The molecular weight excluding hydrogens is 297 g/mol. The van der Waals surface area contributed by atoms with Gasteiger partial charge in [-0.05, 0) is 18.2 Å². The number of aromatic nitrogens is 2. The lowest BCUT2D eigenvalue weighted by Crippen LogP contribution is -2.13. The molecule has 2 rings (SSSR count). The maximum Gasteiger partial charge on any atom is 0.278 e. The fourth-order valence-corrected chi connectivity index (χ4v) is 2.45. The highest BCUT2D eigenvalue weighted by Gasteiger charge is 2.16. The summed E-state index contributed by atoms with van der Waals surface area (Å²) >= 11 is 0. The summed E-state index contributed by atoms with van der Waals surface area (Å²) in [6, 6.07) is 3.70. The Balaban J connectivity index is 2.26. The molecule has 0 saturated heterocycles. The molecular formula is C13H12FN3O3S. The highest BCUT2D eigenvalue weighted by atomic mass is 32.2. The van der Waals surface area contributed by atoms with Gasteiger partial charge in [-0.25, -0.2) is 9.37 Å². The van der Waals surface area contributed by atoms with Crippen molar-refractivity contribution in [2.45, 2.75) is 11.4 Å². The molecule has 110 valence electrons. The molecule has 1 heterocycles. The predicted octanol–water partition coefficient (Wildman–Crippen LogP) is 1.08. The molecule has 1 aromatic heterocycles. The number of halogens is 1. The Morgan fingerprint density at radius 3 is 2.90 bits per heavy atom. The summed E-state index contributed by atoms with van der Waals surface area (Å²) in [5, 5.41) is 8.53. The van der Waals surface area contributed by atoms with E-state index in [4.69, 9.17) is 5.11 Å². The van der Waals surface area contributed by atoms with Gasteiger partial charge in [0.15, 0.2) is 5.03 Å². The first-order valence-corrected chi connectivity index (χ1v) is 7.42. The van der Waals surface area contributed by atoms with Crippen LogP contribution in [-0.2, 0) is 10.0 Å². The maximum atomic E-state index is 13.5. The highest BCUT2D eigenvalue weighted by molar-refractivity contribution is 7.92. The van der Waals surface area contributed by atoms with E-state index in [2.05, 4.69) is 26.5 Å². The lowest BCUT2D eigenvalue weighted by atomic mass is 10.2. The quantitative estimate of drug-likeness (QED) is 0.737. The van der Waals surface area contributed by atoms with E-state index < -0.39 is 15.8 Å². The third-order valence-corrected chi connectivity index (χ3v) is 3.75. The molecule has 21 heavy (non-hydrogen) atoms. The summed E-state index contributed by atoms with van der Waals surface area (Å²) in [5.41, 5.74) is 0.229. The van der Waals surface area contributed by atoms with E-state index in [0.29, 0.717) is 0 Å². The van der Waals surface area contributed by atoms with Crippen molar-refractivity contribution in [1.29, 1.82) is 0 Å². The minimum atomic E-state index is -3.80. The number of hydrogen-bond acceptors (Lipinski definition) is 4. The fourth-order valence-electron chi connectivity index (χ4n) is 1.50. The topological polar surface area (TPSA) is 95.1 Å². The molecule has 0 saturated carbocycles. The Hall–Kier alpha value is -2.37. The second kappa shape index (κ2) is 6.39. The van der Waals surface area contributed by atoms with Crippen LogP contribution in [0.15, 0.2) is 35.7 Å². The number of anilines is 1. The molecule has 0 aliphatic carbocycles. The van der Waals surface area contributed by atoms with Crippen LogP contribution in [0.3, 0.4) is 0 Å². The number of sulfonamides is 1. The average molecular weight is 309 g/mol. The number of hydrogen-bond donors (Lipinski definition) is 3. The van der Waals surface area contributed by atoms with E-state index in [0.717, 1.165) is 12.3 Å². The minimum absolute atomic E-state index is 0.0493. The lowest BCUT2D eigenvalue weighted by Gasteiger charge is -2.06. The van der Waals surface area contributed by atoms with Gasteiger partial charge in [-0.15, -0.1) is 0 Å². The van der Waals surface area contributed by atoms with Gasteiger partial charge in [-0.3, -0.25) is 4.72 Å². The second-order valence-electron chi connectivity index (χ2n) is 3.99. The SMILES string of the molecule is O=S(=O)(Nc1ccc(F)c(C#CCCO)c1)c1cnc[nH]1. The van der Waals surface area contributed by atoms with E-state index in [9.17, 15) is 12.8 Å². The average Bonchev–Trinajstić information content (AvgIpc) is 2.97. The number of nitrogens with zero attached hydrogens (tertiary/aromatic N) is 1. The van der Waals surface area contributed by atoms with Crippen LogP contribution < -0.4 is 4.72 Å². The Kier molecular flexibility index (Phi) is 4.57. The lowest BCUT2D eigenvalue weighted by molar-refractivity contribution is 0.305. The van der Waals surface area contributed by atoms with Crippen LogP contribution in [0.25, 0.3) is 0 Å². The van der Waals surface area contributed by atoms with E-state index in [1.807, 2.05) is 0 Å². The molecule has 6 nitrogen and oxygen atoms in total. The summed E-state index contributed by atoms with van der Waals surface area (Å²) in [7, 11) is -3.80. The van der Waals surface area contributed by atoms with Crippen LogP contribution in [-0.4, -0.2) is 30.1 Å². The van der Waals surface area contributed by atoms with Gasteiger partial charge in [0, 0.05) is 6.42 Å². The zero-order chi connectivity index (χ0) is 15.3. The van der Waals surface area contributed by atoms with Gasteiger partial charge in [0.25, 0.3) is 10.0 Å². The molecule has 2 aromatic rings. The van der Waals surface area contributed by atoms with Gasteiger partial charge in [0.1, 0.15) is 5.82 Å². The number of nitrogens with one attached hydrogen (secondary N) is 2. The molecule has 0 amide bonds. The molecule has 3 N–H and O–H groups in total. The summed E-state index contributed by atoms with van der Waals surface area (Å²) in [6.45, 7) is -0.124. The minimum Gasteiger partial charge on any atom is -0.395 e. The number of benzene rings is 1. The Labute approximate surface area is 121 Å². The van der Waals surface area contributed by atoms with Crippen LogP contribution in [0, 0.1) is 17.7 Å². The Morgan fingerprint density at radius 1 is 1.43 bits per heavy atom. The molecule has 0 bridgehead atoms. The van der Waals surface area contributed by atoms with Crippen molar-refractivity contribution in [2.24, 2.45) is 0 Å². The van der Waals surface area contributed by atoms with Crippen molar-refractivity contribution in [3.05, 3.63) is 42.1 Å². The van der Waals surface area contributed by atoms with Gasteiger partial charge < -0.3 is 10.1 Å². The van der Waals surface area contributed by atoms with Crippen LogP contribution >= 0.6 is 0 Å². The zero-order valence-corrected chi connectivity index (χ0v) is 11.6. The van der Waals surface area contributed by atoms with Crippen molar-refractivity contribution < 1.29 is 17.9 Å². The van der Waals surface area contributed by atoms with Gasteiger partial charge in [0.05, 0.1) is 30.4 Å². The zero-order valence-electron chi connectivity index (χ0n) is 10.8. The van der Waals surface area contributed by atoms with E-state index >= 15 is 0 Å². The maximum absolute atomic E-state index is 13.5. The van der Waals surface area contributed by atoms with Gasteiger partial charge in [0.2, 0.25) is 0 Å². The molecule has 0 aliphatic rings. The van der Waals surface area contributed by atoms with Crippen molar-refractivity contribution in [1.82, 2.24) is 9.97 Å². The van der Waals surface area contributed by atoms with Gasteiger partial charge in [-0.1, -0.05) is 11.8 Å². The van der Waals surface area contributed by atoms with E-state index in [1.54, 1.807) is 0 Å². The van der Waals surface area contributed by atoms with Crippen LogP contribution in [0.1, 0.15) is 12.0 Å². The molecule has 0 atom stereocenters. The monoisotopic (exact) mass is 309 g/mol. The van der Waals surface area contributed by atoms with Gasteiger partial charge >= 0.3 is 0 Å². The molecule has 0 radical (unpaired) electrons. The largest absolute Gasteiger partial charge is 0.395 e. The summed E-state index contributed by atoms with van der Waals surface area (Å²) in [4.78, 5) is 6.11. The molecule has 0 fully saturated rings. The molecule has 0 spiro atoms. The first kappa shape index (κ1) is 15.0. The molecule has 8 heteroatoms. The van der Waals surface area contributed by atoms with Crippen molar-refractivity contribution in [2.75, 3.05) is 11.3 Å². The predicted molar refractivity (Wildman–Crippen MR) is 74.4 cm³/mol. The summed E-state index contributed by atoms with van der Waals surface area (Å²) in [5.74, 6) is 4.55. The number of aromatic amines is 1. The number of H-pyrrole nitrogens is 1. The first-order chi connectivity index (χ1) is 10.0. The van der Waals surface area contributed by atoms with E-state index in [1.165, 1.54) is 18.5 Å². The third kappa shape index (κ3) is 3.81. The Bertz CT molecular complexity index is 777. The third-order valence-electron chi connectivity index (χ3n) is 2.44. The first-order valence-electron chi connectivity index (χ1n) is 5.93. The van der Waals surface area contributed by atoms with E-state index in [-0.39, 0.29) is 29.3 Å². The van der Waals surface area contributed by atoms with Crippen LogP contribution in [0.2, 0.25) is 0 Å². The van der Waals surface area contributed by atoms with Crippen LogP contribution in [0.5, 0.6) is 0 Å². The number of aliphatic hydroxyl groups is 1. The fraction of sp³-hybridized carbons (Fsp3) is 0.154. The molecule has 0 aliphatic heterocycles. The number of aliphatic hydroxyl groups excluding tert-OH is 1. The number of imidazole rings is 1. The number of rotatable bonds is 4. The smallest absolute Gasteiger partial charge is 0.278 e. The second-order valence-corrected chi connectivity index (χ2v) is 5.64. The van der Waals surface area contributed by atoms with Crippen LogP contribution in [0.4, 0.5) is 10.1 Å². The van der Waals surface area contributed by atoms with Crippen molar-refractivity contribution >= 4 is 15.7 Å². The van der Waals surface area contributed by atoms with Crippen molar-refractivity contribution in [3.8, 4) is 11.8 Å². The van der Waals surface area contributed by atoms with Crippen molar-refractivity contribution in [3.63, 3.8) is 0 Å².